The Morgan fingerprint density at radius 1 is 1.10 bits per heavy atom. The second kappa shape index (κ2) is 4.57. The fourth-order valence-corrected chi connectivity index (χ4v) is 6.57. The van der Waals surface area contributed by atoms with Crippen LogP contribution in [0.1, 0.15) is 0 Å². The van der Waals surface area contributed by atoms with Crippen LogP contribution >= 0.6 is 31.9 Å². The number of rotatable bonds is 2. The first kappa shape index (κ1) is 8.82. The number of benzene rings is 1. The van der Waals surface area contributed by atoms with E-state index < -0.39 is 15.4 Å². The maximum absolute atomic E-state index is 3.51. The van der Waals surface area contributed by atoms with Crippen LogP contribution < -0.4 is 4.40 Å². The van der Waals surface area contributed by atoms with Crippen molar-refractivity contribution in [2.75, 3.05) is 0 Å². The third-order valence-corrected chi connectivity index (χ3v) is 7.22. The normalized spacial score (nSPS) is 11.5. The van der Waals surface area contributed by atoms with E-state index in [0.717, 1.165) is 0 Å². The van der Waals surface area contributed by atoms with Gasteiger partial charge >= 0.3 is 84.6 Å². The molecule has 0 heterocycles. The third kappa shape index (κ3) is 3.21. The summed E-state index contributed by atoms with van der Waals surface area (Å²) in [5, 5.41) is 0. The number of alkyl halides is 2. The van der Waals surface area contributed by atoms with Gasteiger partial charge in [0.15, 0.2) is 0 Å². The van der Waals surface area contributed by atoms with Crippen molar-refractivity contribution in [2.45, 2.75) is 2.57 Å². The zero-order valence-corrected chi connectivity index (χ0v) is 11.6. The Balaban J connectivity index is 2.59. The van der Waals surface area contributed by atoms with Gasteiger partial charge in [0.1, 0.15) is 0 Å². The van der Waals surface area contributed by atoms with Gasteiger partial charge in [0.25, 0.3) is 0 Å². The Labute approximate surface area is 84.1 Å². The first-order valence-electron chi connectivity index (χ1n) is 3.11. The molecule has 1 rings (SSSR count). The maximum atomic E-state index is 3.51. The summed E-state index contributed by atoms with van der Waals surface area (Å²) in [6.45, 7) is 0. The van der Waals surface area contributed by atoms with Crippen molar-refractivity contribution in [2.24, 2.45) is 0 Å². The van der Waals surface area contributed by atoms with Crippen LogP contribution in [0.3, 0.4) is 0 Å². The van der Waals surface area contributed by atoms with Gasteiger partial charge in [-0.2, -0.15) is 0 Å². The van der Waals surface area contributed by atoms with E-state index in [1.807, 2.05) is 0 Å². The summed E-state index contributed by atoms with van der Waals surface area (Å²) in [5.41, 5.74) is 0. The molecule has 0 aliphatic rings. The van der Waals surface area contributed by atoms with Gasteiger partial charge in [-0.1, -0.05) is 0 Å². The van der Waals surface area contributed by atoms with Crippen molar-refractivity contribution in [3.05, 3.63) is 30.3 Å². The van der Waals surface area contributed by atoms with Gasteiger partial charge in [-0.05, 0) is 0 Å². The Bertz CT molecular complexity index is 186. The van der Waals surface area contributed by atoms with Crippen LogP contribution in [-0.2, 0) is 0 Å². The van der Waals surface area contributed by atoms with Crippen LogP contribution in [0.5, 0.6) is 0 Å². The Kier molecular flexibility index (Phi) is 4.03. The average molecular weight is 325 g/mol. The molecular formula is C7H8Br2Ge. The molecule has 1 aromatic rings. The predicted octanol–water partition coefficient (Wildman–Crippen LogP) is 1.55. The van der Waals surface area contributed by atoms with Crippen molar-refractivity contribution in [1.29, 1.82) is 0 Å². The van der Waals surface area contributed by atoms with Crippen LogP contribution in [-0.4, -0.2) is 18.0 Å². The molecule has 0 aliphatic heterocycles. The first-order valence-corrected chi connectivity index (χ1v) is 8.14. The minimum absolute atomic E-state index is 0.553. The molecule has 0 aliphatic carbocycles. The summed E-state index contributed by atoms with van der Waals surface area (Å²) in [6, 6.07) is 10.7. The third-order valence-electron chi connectivity index (χ3n) is 1.23. The second-order valence-corrected chi connectivity index (χ2v) is 14.8. The van der Waals surface area contributed by atoms with Crippen molar-refractivity contribution in [1.82, 2.24) is 0 Å². The Hall–Kier alpha value is 0.723. The summed E-state index contributed by atoms with van der Waals surface area (Å²) >= 11 is 6.47. The zero-order valence-electron chi connectivity index (χ0n) is 5.43. The number of hydrogen-bond donors (Lipinski definition) is 0. The molecule has 10 heavy (non-hydrogen) atoms. The quantitative estimate of drug-likeness (QED) is 0.572. The van der Waals surface area contributed by atoms with Gasteiger partial charge in [0.05, 0.1) is 0 Å². The molecule has 0 saturated heterocycles. The van der Waals surface area contributed by atoms with Crippen molar-refractivity contribution in [3.8, 4) is 0 Å². The molecule has 0 nitrogen and oxygen atoms in total. The fraction of sp³-hybridized carbons (Fsp3) is 0.143. The van der Waals surface area contributed by atoms with Crippen molar-refractivity contribution >= 4 is 51.7 Å². The monoisotopic (exact) mass is 324 g/mol. The van der Waals surface area contributed by atoms with E-state index in [1.54, 1.807) is 0 Å². The van der Waals surface area contributed by atoms with Crippen LogP contribution in [0.15, 0.2) is 30.3 Å². The fourth-order valence-electron chi connectivity index (χ4n) is 0.792. The van der Waals surface area contributed by atoms with Crippen LogP contribution in [0.4, 0.5) is 0 Å². The van der Waals surface area contributed by atoms with Gasteiger partial charge in [0, 0.05) is 0 Å². The van der Waals surface area contributed by atoms with E-state index in [4.69, 9.17) is 0 Å². The summed E-state index contributed by atoms with van der Waals surface area (Å²) in [7, 11) is 0. The van der Waals surface area contributed by atoms with E-state index in [9.17, 15) is 0 Å². The van der Waals surface area contributed by atoms with Crippen molar-refractivity contribution < 1.29 is 0 Å². The topological polar surface area (TPSA) is 0 Å². The average Bonchev–Trinajstić information content (AvgIpc) is 1.88. The molecule has 0 radical (unpaired) electrons. The summed E-state index contributed by atoms with van der Waals surface area (Å²) in [6.07, 6.45) is 0. The molecule has 54 valence electrons. The van der Waals surface area contributed by atoms with E-state index >= 15 is 0 Å². The molecule has 0 bridgehead atoms. The van der Waals surface area contributed by atoms with Crippen LogP contribution in [0.2, 0.25) is 0 Å². The van der Waals surface area contributed by atoms with Crippen LogP contribution in [0, 0.1) is 0 Å². The van der Waals surface area contributed by atoms with E-state index in [1.165, 1.54) is 4.40 Å². The SMILES string of the molecule is Br[CH](Br)[GeH2][c]1ccccc1. The van der Waals surface area contributed by atoms with Crippen molar-refractivity contribution in [3.63, 3.8) is 0 Å². The Morgan fingerprint density at radius 2 is 1.70 bits per heavy atom. The Morgan fingerprint density at radius 3 is 2.20 bits per heavy atom. The molecule has 0 aromatic heterocycles. The van der Waals surface area contributed by atoms with Gasteiger partial charge in [0.2, 0.25) is 0 Å². The minimum atomic E-state index is -0.553. The molecule has 1 aromatic carbocycles. The van der Waals surface area contributed by atoms with E-state index in [2.05, 4.69) is 62.2 Å². The molecule has 3 heteroatoms. The summed E-state index contributed by atoms with van der Waals surface area (Å²) in [5.74, 6) is 0. The second-order valence-electron chi connectivity index (χ2n) is 2.08. The molecule has 0 saturated carbocycles. The van der Waals surface area contributed by atoms with E-state index in [-0.39, 0.29) is 0 Å². The standard InChI is InChI=1S/C7H8Br2Ge/c8-7(9)10-6-4-2-1-3-5-6/h1-5,7H,10H2. The molecule has 0 fully saturated rings. The number of hydrogen-bond acceptors (Lipinski definition) is 0. The molecular weight excluding hydrogens is 316 g/mol. The first-order chi connectivity index (χ1) is 4.79. The summed E-state index contributed by atoms with van der Waals surface area (Å²) in [4.78, 5) is 0. The molecule has 0 amide bonds. The molecule has 0 unspecified atom stereocenters. The number of halogens is 2. The molecule has 0 N–H and O–H groups in total. The predicted molar refractivity (Wildman–Crippen MR) is 56.3 cm³/mol. The van der Waals surface area contributed by atoms with Gasteiger partial charge < -0.3 is 0 Å². The van der Waals surface area contributed by atoms with Crippen LogP contribution in [0.25, 0.3) is 0 Å². The summed E-state index contributed by atoms with van der Waals surface area (Å²) < 4.78 is 2.11. The molecule has 0 atom stereocenters. The zero-order chi connectivity index (χ0) is 7.40. The van der Waals surface area contributed by atoms with Gasteiger partial charge in [-0.25, -0.2) is 0 Å². The van der Waals surface area contributed by atoms with Gasteiger partial charge in [-0.3, -0.25) is 0 Å². The van der Waals surface area contributed by atoms with E-state index in [0.29, 0.717) is 2.57 Å². The molecule has 0 spiro atoms. The van der Waals surface area contributed by atoms with Gasteiger partial charge in [-0.15, -0.1) is 0 Å².